The Balaban J connectivity index is 5.38. The maximum absolute atomic E-state index is 13.1. The van der Waals surface area contributed by atoms with Crippen molar-refractivity contribution in [3.8, 4) is 0 Å². The summed E-state index contributed by atoms with van der Waals surface area (Å²) in [6, 6.07) is 0. The Kier molecular flexibility index (Phi) is 71.0. The summed E-state index contributed by atoms with van der Waals surface area (Å²) < 4.78 is 68.5. The second kappa shape index (κ2) is 74.5. The van der Waals surface area contributed by atoms with Crippen LogP contribution in [0.3, 0.4) is 0 Å². The lowest BCUT2D eigenvalue weighted by Gasteiger charge is -2.21. The second-order valence-corrected chi connectivity index (χ2v) is 28.8. The summed E-state index contributed by atoms with van der Waals surface area (Å²) in [5.74, 6) is -2.24. The summed E-state index contributed by atoms with van der Waals surface area (Å²) in [7, 11) is -9.97. The topological polar surface area (TPSA) is 237 Å². The predicted molar refractivity (Wildman–Crippen MR) is 418 cm³/mol. The third-order valence-electron chi connectivity index (χ3n) is 16.1. The molecule has 0 saturated carbocycles. The van der Waals surface area contributed by atoms with Crippen LogP contribution in [0.1, 0.15) is 310 Å². The molecule has 3 N–H and O–H groups in total. The van der Waals surface area contributed by atoms with E-state index < -0.39 is 97.5 Å². The van der Waals surface area contributed by atoms with E-state index in [1.54, 1.807) is 0 Å². The molecular weight excluding hydrogens is 1330 g/mol. The Morgan fingerprint density at radius 2 is 0.510 bits per heavy atom. The number of rotatable bonds is 73. The molecule has 17 nitrogen and oxygen atoms in total. The van der Waals surface area contributed by atoms with Gasteiger partial charge in [0.15, 0.2) is 12.2 Å². The number of phosphoric ester groups is 2. The van der Waals surface area contributed by atoms with Crippen LogP contribution < -0.4 is 0 Å². The zero-order valence-corrected chi connectivity index (χ0v) is 65.5. The SMILES string of the molecule is CC/C=C\C/C=C\C/C=C\C/C=C\CCCCCCCCC(=O)OCC(COP(=O)(O)OCC(O)COP(=O)(O)OCC(COC(=O)CCCC/C=C\C/C=C\C/C=C\C/C=C\CC)OC(=O)CCCCCCCCCCCCC)OC(=O)CCCCCCCCC/C=C\C/C=C\C/C=C\CC. The van der Waals surface area contributed by atoms with E-state index in [2.05, 4.69) is 161 Å². The average molecular weight is 1470 g/mol. The lowest BCUT2D eigenvalue weighted by molar-refractivity contribution is -0.161. The van der Waals surface area contributed by atoms with Crippen molar-refractivity contribution in [3.63, 3.8) is 0 Å². The highest BCUT2D eigenvalue weighted by molar-refractivity contribution is 7.47. The van der Waals surface area contributed by atoms with E-state index in [1.165, 1.54) is 38.5 Å². The van der Waals surface area contributed by atoms with Crippen LogP contribution in [0.5, 0.6) is 0 Å². The Hall–Kier alpha value is -4.80. The minimum Gasteiger partial charge on any atom is -0.462 e. The van der Waals surface area contributed by atoms with Crippen molar-refractivity contribution in [1.29, 1.82) is 0 Å². The Morgan fingerprint density at radius 1 is 0.284 bits per heavy atom. The molecule has 0 rings (SSSR count). The van der Waals surface area contributed by atoms with Gasteiger partial charge in [0.2, 0.25) is 0 Å². The van der Waals surface area contributed by atoms with Crippen LogP contribution in [-0.2, 0) is 65.4 Å². The van der Waals surface area contributed by atoms with Gasteiger partial charge in [-0.3, -0.25) is 37.3 Å². The molecular formula is C83H140O17P2. The van der Waals surface area contributed by atoms with Crippen molar-refractivity contribution < 1.29 is 80.2 Å². The van der Waals surface area contributed by atoms with Crippen LogP contribution in [0, 0.1) is 0 Å². The number of allylic oxidation sites excluding steroid dienone is 22. The van der Waals surface area contributed by atoms with Gasteiger partial charge in [0.05, 0.1) is 26.4 Å². The molecule has 19 heteroatoms. The van der Waals surface area contributed by atoms with Crippen molar-refractivity contribution in [2.24, 2.45) is 0 Å². The van der Waals surface area contributed by atoms with E-state index in [1.807, 2.05) is 0 Å². The zero-order valence-electron chi connectivity index (χ0n) is 63.7. The van der Waals surface area contributed by atoms with Crippen molar-refractivity contribution in [2.75, 3.05) is 39.6 Å². The molecule has 0 amide bonds. The first-order chi connectivity index (χ1) is 49.7. The monoisotopic (exact) mass is 1470 g/mol. The normalized spacial score (nSPS) is 14.6. The molecule has 102 heavy (non-hydrogen) atoms. The molecule has 0 aliphatic rings. The van der Waals surface area contributed by atoms with E-state index in [9.17, 15) is 43.2 Å². The average Bonchev–Trinajstić information content (AvgIpc) is 0.921. The lowest BCUT2D eigenvalue weighted by Crippen LogP contribution is -2.30. The molecule has 0 bridgehead atoms. The highest BCUT2D eigenvalue weighted by Crippen LogP contribution is 2.45. The second-order valence-electron chi connectivity index (χ2n) is 25.9. The number of hydrogen-bond acceptors (Lipinski definition) is 15. The number of esters is 4. The Morgan fingerprint density at radius 3 is 0.804 bits per heavy atom. The first kappa shape index (κ1) is 97.2. The smallest absolute Gasteiger partial charge is 0.462 e. The van der Waals surface area contributed by atoms with E-state index in [4.69, 9.17) is 37.0 Å². The molecule has 0 saturated heterocycles. The maximum atomic E-state index is 13.1. The quantitative estimate of drug-likeness (QED) is 0.0169. The van der Waals surface area contributed by atoms with E-state index in [0.29, 0.717) is 25.7 Å². The minimum absolute atomic E-state index is 0.0767. The largest absolute Gasteiger partial charge is 0.472 e. The number of phosphoric acid groups is 2. The summed E-state index contributed by atoms with van der Waals surface area (Å²) in [5, 5.41) is 10.6. The van der Waals surface area contributed by atoms with Gasteiger partial charge < -0.3 is 33.8 Å². The van der Waals surface area contributed by atoms with Crippen molar-refractivity contribution in [2.45, 2.75) is 329 Å². The number of aliphatic hydroxyl groups excluding tert-OH is 1. The molecule has 0 aliphatic heterocycles. The number of carbonyl (C=O) groups is 4. The number of ether oxygens (including phenoxy) is 4. The Bertz CT molecular complexity index is 2460. The van der Waals surface area contributed by atoms with Crippen molar-refractivity contribution in [3.05, 3.63) is 134 Å². The van der Waals surface area contributed by atoms with Crippen LogP contribution in [0.2, 0.25) is 0 Å². The van der Waals surface area contributed by atoms with Crippen LogP contribution in [0.25, 0.3) is 0 Å². The number of aliphatic hydroxyl groups is 1. The summed E-state index contributed by atoms with van der Waals surface area (Å²) in [4.78, 5) is 72.9. The first-order valence-corrected chi connectivity index (χ1v) is 42.4. The van der Waals surface area contributed by atoms with Gasteiger partial charge in [0, 0.05) is 25.7 Å². The molecule has 5 atom stereocenters. The zero-order chi connectivity index (χ0) is 74.6. The fraction of sp³-hybridized carbons (Fsp3) is 0.687. The molecule has 5 unspecified atom stereocenters. The fourth-order valence-electron chi connectivity index (χ4n) is 10.2. The third kappa shape index (κ3) is 73.5. The van der Waals surface area contributed by atoms with Gasteiger partial charge in [-0.25, -0.2) is 9.13 Å². The van der Waals surface area contributed by atoms with Crippen molar-refractivity contribution >= 4 is 39.5 Å². The molecule has 0 aliphatic carbocycles. The number of carbonyl (C=O) groups excluding carboxylic acids is 4. The highest BCUT2D eigenvalue weighted by Gasteiger charge is 2.30. The molecule has 0 aromatic heterocycles. The van der Waals surface area contributed by atoms with E-state index in [0.717, 1.165) is 193 Å². The van der Waals surface area contributed by atoms with Crippen molar-refractivity contribution in [1.82, 2.24) is 0 Å². The highest BCUT2D eigenvalue weighted by atomic mass is 31.2. The van der Waals surface area contributed by atoms with Gasteiger partial charge in [-0.1, -0.05) is 283 Å². The Labute approximate surface area is 618 Å². The molecule has 0 aromatic carbocycles. The molecule has 584 valence electrons. The summed E-state index contributed by atoms with van der Waals surface area (Å²) >= 11 is 0. The molecule has 0 heterocycles. The van der Waals surface area contributed by atoms with Crippen LogP contribution in [-0.4, -0.2) is 96.7 Å². The van der Waals surface area contributed by atoms with Gasteiger partial charge >= 0.3 is 39.5 Å². The fourth-order valence-corrected chi connectivity index (χ4v) is 11.8. The molecule has 0 radical (unpaired) electrons. The number of unbranched alkanes of at least 4 members (excludes halogenated alkanes) is 25. The summed E-state index contributed by atoms with van der Waals surface area (Å²) in [6.07, 6.45) is 82.9. The standard InChI is InChI=1S/C83H140O17P2/c1-5-9-13-17-21-25-29-32-35-37-38-40-42-45-49-52-56-60-64-68-81(86)94-74-79(100-83(88)70-66-62-58-54-50-46-43-39-36-33-30-26-22-18-14-10-6-2)76-98-102(91,92)96-72-77(84)71-95-101(89,90)97-75-78(99-82(87)69-65-61-57-53-47-28-24-20-16-12-8-4)73-93-80(85)67-63-59-55-51-48-44-41-34-31-27-23-19-15-11-7-3/h9-11,13-15,21-23,25-27,32-36,38,40-41,48,51,77-79,84H,5-8,12,16-20,24,28-31,37,39,42-47,49-50,52-76H2,1-4H3,(H,89,90)(H,91,92)/b13-9-,14-10-,15-11-,25-21-,26-22-,27-23-,35-32-,36-33-,40-38-,41-34-,51-48-. The summed E-state index contributed by atoms with van der Waals surface area (Å²) in [5.41, 5.74) is 0. The number of hydrogen-bond donors (Lipinski definition) is 3. The van der Waals surface area contributed by atoms with Gasteiger partial charge in [-0.05, 0) is 135 Å². The third-order valence-corrected chi connectivity index (χ3v) is 18.0. The lowest BCUT2D eigenvalue weighted by atomic mass is 10.1. The van der Waals surface area contributed by atoms with E-state index >= 15 is 0 Å². The van der Waals surface area contributed by atoms with Crippen LogP contribution >= 0.6 is 15.6 Å². The predicted octanol–water partition coefficient (Wildman–Crippen LogP) is 22.9. The van der Waals surface area contributed by atoms with Crippen LogP contribution in [0.4, 0.5) is 0 Å². The van der Waals surface area contributed by atoms with E-state index in [-0.39, 0.29) is 25.7 Å². The van der Waals surface area contributed by atoms with Gasteiger partial charge in [0.1, 0.15) is 19.3 Å². The van der Waals surface area contributed by atoms with Gasteiger partial charge in [0.25, 0.3) is 0 Å². The minimum atomic E-state index is -4.99. The molecule has 0 aromatic rings. The summed E-state index contributed by atoms with van der Waals surface area (Å²) in [6.45, 7) is 4.47. The van der Waals surface area contributed by atoms with Crippen LogP contribution in [0.15, 0.2) is 134 Å². The molecule has 0 fully saturated rings. The maximum Gasteiger partial charge on any atom is 0.472 e. The van der Waals surface area contributed by atoms with Gasteiger partial charge in [-0.15, -0.1) is 0 Å². The first-order valence-electron chi connectivity index (χ1n) is 39.4. The van der Waals surface area contributed by atoms with Gasteiger partial charge in [-0.2, -0.15) is 0 Å². The molecule has 0 spiro atoms.